The Balaban J connectivity index is 2.24. The monoisotopic (exact) mass is 493 g/mol. The minimum Gasteiger partial charge on any atom is -0.425 e. The quantitative estimate of drug-likeness (QED) is 0.234. The first kappa shape index (κ1) is 26.2. The molecule has 0 aliphatic rings. The van der Waals surface area contributed by atoms with Gasteiger partial charge in [0, 0.05) is 16.6 Å². The van der Waals surface area contributed by atoms with Crippen molar-refractivity contribution in [2.24, 2.45) is 5.73 Å². The SMILES string of the molecule is CC(C)SN(c1ccc(C(N)c2ccc(N([Si](C)(C)C)[Si](C)(C)C)cc2)cc1)[SiH](C)F. The molecule has 0 aliphatic carbocycles. The Kier molecular flexibility index (Phi) is 8.66. The highest BCUT2D eigenvalue weighted by atomic mass is 32.2. The standard InChI is InChI=1S/C23H40FN3SSi3/c1-18(2)28-26(29(3)24)21-14-10-19(11-15-21)23(25)20-12-16-22(17-13-20)27(30(4,5)6)31(7,8)9/h10-18,23,29H,25H2,1-9H3. The number of halogens is 1. The molecule has 2 rings (SSSR count). The topological polar surface area (TPSA) is 32.5 Å². The maximum absolute atomic E-state index is 14.2. The van der Waals surface area contributed by atoms with Crippen molar-refractivity contribution in [1.82, 2.24) is 0 Å². The van der Waals surface area contributed by atoms with Crippen molar-refractivity contribution in [2.75, 3.05) is 8.20 Å². The Hall–Kier alpha value is -1.07. The summed E-state index contributed by atoms with van der Waals surface area (Å²) in [6.07, 6.45) is 0. The molecular weight excluding hydrogens is 454 g/mol. The summed E-state index contributed by atoms with van der Waals surface area (Å²) in [6.45, 7) is 20.4. The Labute approximate surface area is 197 Å². The largest absolute Gasteiger partial charge is 0.425 e. The highest BCUT2D eigenvalue weighted by Crippen LogP contribution is 2.32. The van der Waals surface area contributed by atoms with Crippen molar-refractivity contribution in [3.63, 3.8) is 0 Å². The number of hydrogen-bond donors (Lipinski definition) is 1. The Morgan fingerprint density at radius 3 is 1.52 bits per heavy atom. The van der Waals surface area contributed by atoms with Gasteiger partial charge in [0.05, 0.1) is 6.04 Å². The van der Waals surface area contributed by atoms with E-state index in [1.54, 1.807) is 18.5 Å². The van der Waals surface area contributed by atoms with Gasteiger partial charge in [-0.1, -0.05) is 89.3 Å². The third-order valence-corrected chi connectivity index (χ3v) is 15.3. The summed E-state index contributed by atoms with van der Waals surface area (Å²) < 4.78 is 18.8. The number of anilines is 2. The molecule has 31 heavy (non-hydrogen) atoms. The summed E-state index contributed by atoms with van der Waals surface area (Å²) in [4.78, 5) is 0. The molecule has 0 aromatic heterocycles. The molecule has 0 bridgehead atoms. The van der Waals surface area contributed by atoms with Crippen molar-refractivity contribution in [1.29, 1.82) is 0 Å². The Morgan fingerprint density at radius 1 is 0.806 bits per heavy atom. The Morgan fingerprint density at radius 2 is 1.19 bits per heavy atom. The van der Waals surface area contributed by atoms with E-state index in [1.165, 1.54) is 5.69 Å². The summed E-state index contributed by atoms with van der Waals surface area (Å²) in [5, 5.41) is 0.345. The average molecular weight is 494 g/mol. The lowest BCUT2D eigenvalue weighted by Gasteiger charge is -2.46. The first-order chi connectivity index (χ1) is 14.2. The van der Waals surface area contributed by atoms with Crippen molar-refractivity contribution in [3.05, 3.63) is 59.7 Å². The number of hydrogen-bond acceptors (Lipinski definition) is 4. The molecule has 0 aliphatic heterocycles. The molecule has 0 fully saturated rings. The fraction of sp³-hybridized carbons (Fsp3) is 0.478. The summed E-state index contributed by atoms with van der Waals surface area (Å²) in [6, 6.07) is 16.7. The molecule has 0 amide bonds. The van der Waals surface area contributed by atoms with Gasteiger partial charge in [0.1, 0.15) is 16.5 Å². The highest BCUT2D eigenvalue weighted by Gasteiger charge is 2.34. The molecule has 0 heterocycles. The van der Waals surface area contributed by atoms with Gasteiger partial charge in [0.15, 0.2) is 0 Å². The zero-order valence-corrected chi connectivity index (χ0v) is 24.6. The van der Waals surface area contributed by atoms with Crippen LogP contribution < -0.4 is 13.9 Å². The molecule has 2 aromatic carbocycles. The van der Waals surface area contributed by atoms with Crippen LogP contribution in [0.5, 0.6) is 0 Å². The molecule has 172 valence electrons. The zero-order valence-electron chi connectivity index (χ0n) is 20.6. The lowest BCUT2D eigenvalue weighted by atomic mass is 9.99. The maximum Gasteiger partial charge on any atom is 0.340 e. The number of benzene rings is 2. The van der Waals surface area contributed by atoms with Crippen LogP contribution in [-0.4, -0.2) is 31.0 Å². The van der Waals surface area contributed by atoms with Crippen LogP contribution in [0.15, 0.2) is 48.5 Å². The van der Waals surface area contributed by atoms with Crippen molar-refractivity contribution >= 4 is 49.1 Å². The van der Waals surface area contributed by atoms with Gasteiger partial charge in [-0.2, -0.15) is 0 Å². The van der Waals surface area contributed by atoms with Crippen molar-refractivity contribution < 1.29 is 4.11 Å². The van der Waals surface area contributed by atoms with Crippen LogP contribution >= 0.6 is 11.9 Å². The second-order valence-corrected chi connectivity index (χ2v) is 24.0. The van der Waals surface area contributed by atoms with E-state index in [4.69, 9.17) is 5.73 Å². The lowest BCUT2D eigenvalue weighted by molar-refractivity contribution is 0.836. The Bertz CT molecular complexity index is 817. The van der Waals surface area contributed by atoms with Gasteiger partial charge < -0.3 is 13.9 Å². The third kappa shape index (κ3) is 6.95. The van der Waals surface area contributed by atoms with E-state index in [-0.39, 0.29) is 6.04 Å². The van der Waals surface area contributed by atoms with Crippen LogP contribution in [-0.2, 0) is 0 Å². The number of nitrogens with zero attached hydrogens (tertiary/aromatic N) is 2. The molecule has 2 atom stereocenters. The molecule has 8 heteroatoms. The van der Waals surface area contributed by atoms with E-state index < -0.39 is 25.8 Å². The van der Waals surface area contributed by atoms with Gasteiger partial charge >= 0.3 is 9.29 Å². The van der Waals surface area contributed by atoms with E-state index in [0.717, 1.165) is 16.8 Å². The summed E-state index contributed by atoms with van der Waals surface area (Å²) in [7, 11) is -5.41. The van der Waals surface area contributed by atoms with Crippen LogP contribution in [0.4, 0.5) is 15.5 Å². The molecule has 2 aromatic rings. The first-order valence-corrected chi connectivity index (χ1v) is 20.9. The molecule has 0 saturated carbocycles. The van der Waals surface area contributed by atoms with Gasteiger partial charge in [0.25, 0.3) is 0 Å². The predicted octanol–water partition coefficient (Wildman–Crippen LogP) is 6.89. The first-order valence-electron chi connectivity index (χ1n) is 11.1. The van der Waals surface area contributed by atoms with Gasteiger partial charge in [0.2, 0.25) is 0 Å². The molecule has 2 unspecified atom stereocenters. The van der Waals surface area contributed by atoms with Crippen LogP contribution in [0.25, 0.3) is 0 Å². The molecular formula is C23H40FN3SSi3. The summed E-state index contributed by atoms with van der Waals surface area (Å²) in [5.41, 5.74) is 11.0. The van der Waals surface area contributed by atoms with Crippen LogP contribution in [0.2, 0.25) is 45.8 Å². The lowest BCUT2D eigenvalue weighted by Crippen LogP contribution is -2.59. The molecule has 2 N–H and O–H groups in total. The van der Waals surface area contributed by atoms with E-state index in [9.17, 15) is 4.11 Å². The smallest absolute Gasteiger partial charge is 0.340 e. The second-order valence-electron chi connectivity index (χ2n) is 10.4. The van der Waals surface area contributed by atoms with E-state index in [0.29, 0.717) is 5.25 Å². The number of nitrogens with two attached hydrogens (primary N) is 1. The molecule has 0 spiro atoms. The van der Waals surface area contributed by atoms with Crippen LogP contribution in [0, 0.1) is 0 Å². The molecule has 0 saturated heterocycles. The highest BCUT2D eigenvalue weighted by molar-refractivity contribution is 8.02. The third-order valence-electron chi connectivity index (χ3n) is 5.01. The van der Waals surface area contributed by atoms with Crippen molar-refractivity contribution in [2.45, 2.75) is 71.0 Å². The van der Waals surface area contributed by atoms with E-state index in [1.807, 2.05) is 28.2 Å². The molecule has 3 nitrogen and oxygen atoms in total. The summed E-state index contributed by atoms with van der Waals surface area (Å²) in [5.74, 6) is 0. The maximum atomic E-state index is 14.2. The minimum atomic E-state index is -2.45. The normalized spacial score (nSPS) is 14.5. The molecule has 0 radical (unpaired) electrons. The van der Waals surface area contributed by atoms with Gasteiger partial charge in [-0.05, 0) is 41.9 Å². The summed E-state index contributed by atoms with van der Waals surface area (Å²) >= 11 is 1.57. The minimum absolute atomic E-state index is 0.193. The zero-order chi connectivity index (χ0) is 23.6. The van der Waals surface area contributed by atoms with Crippen molar-refractivity contribution in [3.8, 4) is 0 Å². The number of rotatable bonds is 9. The average Bonchev–Trinajstić information content (AvgIpc) is 2.64. The fourth-order valence-electron chi connectivity index (χ4n) is 4.21. The van der Waals surface area contributed by atoms with Gasteiger partial charge in [-0.15, -0.1) is 0 Å². The van der Waals surface area contributed by atoms with Gasteiger partial charge in [-0.3, -0.25) is 4.11 Å². The van der Waals surface area contributed by atoms with Gasteiger partial charge in [-0.25, -0.2) is 0 Å². The van der Waals surface area contributed by atoms with E-state index in [2.05, 4.69) is 81.6 Å². The van der Waals surface area contributed by atoms with E-state index >= 15 is 0 Å². The fourth-order valence-corrected chi connectivity index (χ4v) is 16.8. The van der Waals surface area contributed by atoms with Crippen LogP contribution in [0.3, 0.4) is 0 Å². The second kappa shape index (κ2) is 10.2. The predicted molar refractivity (Wildman–Crippen MR) is 147 cm³/mol. The van der Waals surface area contributed by atoms with Crippen LogP contribution in [0.1, 0.15) is 31.0 Å².